The molecule has 1 heterocycles. The summed E-state index contributed by atoms with van der Waals surface area (Å²) in [7, 11) is 0. The Morgan fingerprint density at radius 1 is 0.947 bits per heavy atom. The van der Waals surface area contributed by atoms with Crippen LogP contribution in [0.15, 0.2) is 65.1 Å². The fourth-order valence-electron chi connectivity index (χ4n) is 2.04. The number of rotatable bonds is 4. The maximum Gasteiger partial charge on any atom is 0.219 e. The molecular weight excluding hydrogens is 234 g/mol. The second kappa shape index (κ2) is 5.53. The van der Waals surface area contributed by atoms with Gasteiger partial charge in [0.15, 0.2) is 5.58 Å². The van der Waals surface area contributed by atoms with Crippen LogP contribution in [0.1, 0.15) is 17.9 Å². The van der Waals surface area contributed by atoms with Gasteiger partial charge in [0, 0.05) is 0 Å². The lowest BCUT2D eigenvalue weighted by Gasteiger charge is -1.95. The molecule has 2 nitrogen and oxygen atoms in total. The number of hydrogen-bond donors (Lipinski definition) is 0. The molecule has 19 heavy (non-hydrogen) atoms. The maximum absolute atomic E-state index is 5.62. The number of nitrogens with zero attached hydrogens (tertiary/aromatic N) is 1. The zero-order valence-corrected chi connectivity index (χ0v) is 10.6. The van der Waals surface area contributed by atoms with Gasteiger partial charge < -0.3 is 4.42 Å². The Labute approximate surface area is 112 Å². The van der Waals surface area contributed by atoms with Gasteiger partial charge in [-0.25, -0.2) is 4.98 Å². The molecule has 3 aromatic rings. The molecule has 0 aliphatic carbocycles. The van der Waals surface area contributed by atoms with E-state index in [4.69, 9.17) is 4.42 Å². The predicted octanol–water partition coefficient (Wildman–Crippen LogP) is 4.47. The lowest BCUT2D eigenvalue weighted by atomic mass is 10.1. The zero-order valence-electron chi connectivity index (χ0n) is 10.6. The van der Waals surface area contributed by atoms with Crippen molar-refractivity contribution in [2.24, 2.45) is 0 Å². The summed E-state index contributed by atoms with van der Waals surface area (Å²) in [6.07, 6.45) is 6.08. The smallest absolute Gasteiger partial charge is 0.219 e. The molecule has 0 aliphatic heterocycles. The number of para-hydroxylation sites is 2. The van der Waals surface area contributed by atoms with E-state index in [9.17, 15) is 0 Å². The summed E-state index contributed by atoms with van der Waals surface area (Å²) in [4.78, 5) is 4.40. The lowest BCUT2D eigenvalue weighted by molar-refractivity contribution is 0.589. The van der Waals surface area contributed by atoms with Crippen LogP contribution < -0.4 is 0 Å². The summed E-state index contributed by atoms with van der Waals surface area (Å²) in [6, 6.07) is 18.3. The SMILES string of the molecule is C(=C/c1nc2ccccc2o1)/CCc1ccccc1. The number of aryl methyl sites for hydroxylation is 1. The molecule has 0 unspecified atom stereocenters. The van der Waals surface area contributed by atoms with Gasteiger partial charge in [0.05, 0.1) is 0 Å². The molecule has 94 valence electrons. The first-order valence-electron chi connectivity index (χ1n) is 6.48. The van der Waals surface area contributed by atoms with Crippen molar-refractivity contribution in [3.8, 4) is 0 Å². The van der Waals surface area contributed by atoms with Gasteiger partial charge in [-0.2, -0.15) is 0 Å². The quantitative estimate of drug-likeness (QED) is 0.681. The van der Waals surface area contributed by atoms with E-state index < -0.39 is 0 Å². The van der Waals surface area contributed by atoms with Crippen molar-refractivity contribution in [1.82, 2.24) is 4.98 Å². The van der Waals surface area contributed by atoms with Gasteiger partial charge in [-0.3, -0.25) is 0 Å². The molecule has 0 saturated carbocycles. The Bertz CT molecular complexity index is 650. The summed E-state index contributed by atoms with van der Waals surface area (Å²) in [5.74, 6) is 0.675. The molecule has 3 rings (SSSR count). The number of benzene rings is 2. The minimum Gasteiger partial charge on any atom is -0.437 e. The number of hydrogen-bond acceptors (Lipinski definition) is 2. The minimum absolute atomic E-state index is 0.675. The van der Waals surface area contributed by atoms with Crippen LogP contribution in [0, 0.1) is 0 Å². The van der Waals surface area contributed by atoms with Gasteiger partial charge in [-0.15, -0.1) is 0 Å². The second-order valence-electron chi connectivity index (χ2n) is 4.45. The molecule has 0 saturated heterocycles. The van der Waals surface area contributed by atoms with Gasteiger partial charge in [-0.1, -0.05) is 48.5 Å². The third-order valence-electron chi connectivity index (χ3n) is 3.01. The molecular formula is C17H15NO. The molecule has 0 amide bonds. The van der Waals surface area contributed by atoms with Gasteiger partial charge in [0.1, 0.15) is 5.52 Å². The summed E-state index contributed by atoms with van der Waals surface area (Å²) < 4.78 is 5.62. The largest absolute Gasteiger partial charge is 0.437 e. The monoisotopic (exact) mass is 249 g/mol. The van der Waals surface area contributed by atoms with Crippen LogP contribution in [-0.4, -0.2) is 4.98 Å². The van der Waals surface area contributed by atoms with Crippen LogP contribution in [-0.2, 0) is 6.42 Å². The van der Waals surface area contributed by atoms with Crippen molar-refractivity contribution in [3.05, 3.63) is 72.1 Å². The first-order valence-corrected chi connectivity index (χ1v) is 6.48. The van der Waals surface area contributed by atoms with E-state index >= 15 is 0 Å². The van der Waals surface area contributed by atoms with Gasteiger partial charge >= 0.3 is 0 Å². The van der Waals surface area contributed by atoms with Crippen molar-refractivity contribution >= 4 is 17.2 Å². The normalized spacial score (nSPS) is 11.4. The Morgan fingerprint density at radius 2 is 1.74 bits per heavy atom. The summed E-state index contributed by atoms with van der Waals surface area (Å²) in [5.41, 5.74) is 3.10. The standard InChI is InChI=1S/C17H15NO/c1-2-8-14(9-3-1)10-4-7-13-17-18-15-11-5-6-12-16(15)19-17/h1-3,5-9,11-13H,4,10H2/b13-7-. The van der Waals surface area contributed by atoms with E-state index in [1.165, 1.54) is 5.56 Å². The van der Waals surface area contributed by atoms with E-state index in [1.807, 2.05) is 36.4 Å². The van der Waals surface area contributed by atoms with E-state index in [2.05, 4.69) is 35.3 Å². The molecule has 2 heteroatoms. The highest BCUT2D eigenvalue weighted by Gasteiger charge is 2.00. The molecule has 0 radical (unpaired) electrons. The van der Waals surface area contributed by atoms with E-state index in [-0.39, 0.29) is 0 Å². The highest BCUT2D eigenvalue weighted by Crippen LogP contribution is 2.15. The Balaban J connectivity index is 1.63. The molecule has 0 atom stereocenters. The van der Waals surface area contributed by atoms with Gasteiger partial charge in [0.25, 0.3) is 0 Å². The Morgan fingerprint density at radius 3 is 2.58 bits per heavy atom. The Kier molecular flexibility index (Phi) is 3.41. The summed E-state index contributed by atoms with van der Waals surface area (Å²) in [5, 5.41) is 0. The summed E-state index contributed by atoms with van der Waals surface area (Å²) in [6.45, 7) is 0. The zero-order chi connectivity index (χ0) is 12.9. The average molecular weight is 249 g/mol. The van der Waals surface area contributed by atoms with Crippen molar-refractivity contribution in [1.29, 1.82) is 0 Å². The van der Waals surface area contributed by atoms with Crippen molar-refractivity contribution in [2.45, 2.75) is 12.8 Å². The van der Waals surface area contributed by atoms with E-state index in [0.29, 0.717) is 5.89 Å². The third kappa shape index (κ3) is 2.91. The lowest BCUT2D eigenvalue weighted by Crippen LogP contribution is -1.81. The van der Waals surface area contributed by atoms with Crippen LogP contribution in [0.3, 0.4) is 0 Å². The Hall–Kier alpha value is -2.35. The number of aromatic nitrogens is 1. The van der Waals surface area contributed by atoms with E-state index in [1.54, 1.807) is 0 Å². The third-order valence-corrected chi connectivity index (χ3v) is 3.01. The van der Waals surface area contributed by atoms with Gasteiger partial charge in [-0.05, 0) is 36.6 Å². The minimum atomic E-state index is 0.675. The van der Waals surface area contributed by atoms with Crippen molar-refractivity contribution < 1.29 is 4.42 Å². The average Bonchev–Trinajstić information content (AvgIpc) is 2.87. The van der Waals surface area contributed by atoms with Crippen LogP contribution in [0.2, 0.25) is 0 Å². The fourth-order valence-corrected chi connectivity index (χ4v) is 2.04. The first-order chi connectivity index (χ1) is 9.42. The van der Waals surface area contributed by atoms with Crippen LogP contribution in [0.4, 0.5) is 0 Å². The molecule has 0 aliphatic rings. The number of fused-ring (bicyclic) bond motifs is 1. The fraction of sp³-hybridized carbons (Fsp3) is 0.118. The second-order valence-corrected chi connectivity index (χ2v) is 4.45. The predicted molar refractivity (Wildman–Crippen MR) is 77.8 cm³/mol. The van der Waals surface area contributed by atoms with Crippen LogP contribution in [0.25, 0.3) is 17.2 Å². The highest BCUT2D eigenvalue weighted by atomic mass is 16.3. The van der Waals surface area contributed by atoms with Crippen molar-refractivity contribution in [2.75, 3.05) is 0 Å². The highest BCUT2D eigenvalue weighted by molar-refractivity contribution is 5.73. The number of allylic oxidation sites excluding steroid dienone is 1. The molecule has 0 fully saturated rings. The molecule has 0 bridgehead atoms. The first kappa shape index (κ1) is 11.7. The molecule has 2 aromatic carbocycles. The van der Waals surface area contributed by atoms with Crippen LogP contribution >= 0.6 is 0 Å². The van der Waals surface area contributed by atoms with E-state index in [0.717, 1.165) is 23.9 Å². The number of oxazole rings is 1. The van der Waals surface area contributed by atoms with Gasteiger partial charge in [0.2, 0.25) is 5.89 Å². The summed E-state index contributed by atoms with van der Waals surface area (Å²) >= 11 is 0. The van der Waals surface area contributed by atoms with Crippen molar-refractivity contribution in [3.63, 3.8) is 0 Å². The molecule has 1 aromatic heterocycles. The van der Waals surface area contributed by atoms with Crippen LogP contribution in [0.5, 0.6) is 0 Å². The molecule has 0 N–H and O–H groups in total. The molecule has 0 spiro atoms. The topological polar surface area (TPSA) is 26.0 Å². The maximum atomic E-state index is 5.62.